The third kappa shape index (κ3) is 2.02. The molecule has 0 aromatic heterocycles. The number of aliphatic hydroxyl groups is 1. The number of ether oxygens (including phenoxy) is 3. The summed E-state index contributed by atoms with van der Waals surface area (Å²) in [6.45, 7) is 0.384. The first-order valence-corrected chi connectivity index (χ1v) is 4.86. The predicted octanol–water partition coefficient (Wildman–Crippen LogP) is 1.75. The summed E-state index contributed by atoms with van der Waals surface area (Å²) in [5, 5.41) is 10.1. The molecular formula is C10H11ClO4. The van der Waals surface area contributed by atoms with E-state index in [1.54, 1.807) is 12.1 Å². The summed E-state index contributed by atoms with van der Waals surface area (Å²) in [6.07, 6.45) is -0.706. The van der Waals surface area contributed by atoms with E-state index in [2.05, 4.69) is 0 Å². The van der Waals surface area contributed by atoms with Gasteiger partial charge in [-0.05, 0) is 17.7 Å². The van der Waals surface area contributed by atoms with Crippen LogP contribution in [-0.4, -0.2) is 25.6 Å². The lowest BCUT2D eigenvalue weighted by Gasteiger charge is -2.11. The number of rotatable bonds is 3. The molecule has 1 aromatic rings. The van der Waals surface area contributed by atoms with E-state index in [1.165, 1.54) is 7.11 Å². The quantitative estimate of drug-likeness (QED) is 0.860. The van der Waals surface area contributed by atoms with Gasteiger partial charge in [0, 0.05) is 7.11 Å². The molecule has 4 nitrogen and oxygen atoms in total. The van der Waals surface area contributed by atoms with Gasteiger partial charge in [-0.25, -0.2) is 0 Å². The van der Waals surface area contributed by atoms with Crippen LogP contribution in [0.5, 0.6) is 11.5 Å². The molecule has 0 saturated heterocycles. The van der Waals surface area contributed by atoms with E-state index < -0.39 is 6.10 Å². The SMILES string of the molecule is COCC(O)c1cc(Cl)c2c(c1)OCO2. The van der Waals surface area contributed by atoms with Crippen LogP contribution in [0.4, 0.5) is 0 Å². The molecule has 0 bridgehead atoms. The Labute approximate surface area is 92.3 Å². The zero-order chi connectivity index (χ0) is 10.8. The standard InChI is InChI=1S/C10H11ClO4/c1-13-4-8(12)6-2-7(11)10-9(3-6)14-5-15-10/h2-3,8,12H,4-5H2,1H3. The van der Waals surface area contributed by atoms with Gasteiger partial charge in [-0.1, -0.05) is 11.6 Å². The largest absolute Gasteiger partial charge is 0.454 e. The van der Waals surface area contributed by atoms with Gasteiger partial charge in [-0.2, -0.15) is 0 Å². The molecule has 1 aliphatic rings. The molecule has 0 aliphatic carbocycles. The molecule has 15 heavy (non-hydrogen) atoms. The van der Waals surface area contributed by atoms with Gasteiger partial charge < -0.3 is 19.3 Å². The van der Waals surface area contributed by atoms with E-state index in [-0.39, 0.29) is 13.4 Å². The highest BCUT2D eigenvalue weighted by Crippen LogP contribution is 2.40. The highest BCUT2D eigenvalue weighted by molar-refractivity contribution is 6.32. The first kappa shape index (κ1) is 10.5. The zero-order valence-corrected chi connectivity index (χ0v) is 8.95. The Morgan fingerprint density at radius 2 is 2.33 bits per heavy atom. The topological polar surface area (TPSA) is 47.9 Å². The fraction of sp³-hybridized carbons (Fsp3) is 0.400. The number of hydrogen-bond acceptors (Lipinski definition) is 4. The second-order valence-electron chi connectivity index (χ2n) is 3.21. The van der Waals surface area contributed by atoms with Gasteiger partial charge >= 0.3 is 0 Å². The molecule has 0 amide bonds. The molecule has 1 aliphatic heterocycles. The maximum atomic E-state index is 9.70. The second kappa shape index (κ2) is 4.26. The Morgan fingerprint density at radius 1 is 1.53 bits per heavy atom. The van der Waals surface area contributed by atoms with Crippen LogP contribution in [0.15, 0.2) is 12.1 Å². The van der Waals surface area contributed by atoms with Crippen molar-refractivity contribution in [3.8, 4) is 11.5 Å². The van der Waals surface area contributed by atoms with Gasteiger partial charge in [0.15, 0.2) is 11.5 Å². The molecule has 0 saturated carbocycles. The zero-order valence-electron chi connectivity index (χ0n) is 8.20. The minimum absolute atomic E-state index is 0.166. The molecule has 1 N–H and O–H groups in total. The summed E-state index contributed by atoms with van der Waals surface area (Å²) in [5.41, 5.74) is 0.658. The third-order valence-corrected chi connectivity index (χ3v) is 2.44. The fourth-order valence-corrected chi connectivity index (χ4v) is 1.71. The summed E-state index contributed by atoms with van der Waals surface area (Å²) in [6, 6.07) is 3.36. The summed E-state index contributed by atoms with van der Waals surface area (Å²) < 4.78 is 15.2. The average molecular weight is 231 g/mol. The van der Waals surface area contributed by atoms with E-state index in [0.29, 0.717) is 22.1 Å². The van der Waals surface area contributed by atoms with Crippen molar-refractivity contribution in [2.45, 2.75) is 6.10 Å². The van der Waals surface area contributed by atoms with Crippen LogP contribution >= 0.6 is 11.6 Å². The summed E-state index contributed by atoms with van der Waals surface area (Å²) in [4.78, 5) is 0. The summed E-state index contributed by atoms with van der Waals surface area (Å²) >= 11 is 5.96. The van der Waals surface area contributed by atoms with Crippen molar-refractivity contribution in [3.63, 3.8) is 0 Å². The minimum Gasteiger partial charge on any atom is -0.454 e. The number of benzene rings is 1. The van der Waals surface area contributed by atoms with Crippen molar-refractivity contribution >= 4 is 11.6 Å². The van der Waals surface area contributed by atoms with E-state index >= 15 is 0 Å². The Kier molecular flexibility index (Phi) is 3.00. The Bertz CT molecular complexity index is 367. The highest BCUT2D eigenvalue weighted by atomic mass is 35.5. The molecular weight excluding hydrogens is 220 g/mol. The molecule has 2 rings (SSSR count). The van der Waals surface area contributed by atoms with Gasteiger partial charge in [-0.3, -0.25) is 0 Å². The van der Waals surface area contributed by atoms with Crippen LogP contribution in [0.2, 0.25) is 5.02 Å². The molecule has 1 aromatic carbocycles. The van der Waals surface area contributed by atoms with E-state index in [0.717, 1.165) is 0 Å². The second-order valence-corrected chi connectivity index (χ2v) is 3.61. The maximum absolute atomic E-state index is 9.70. The van der Waals surface area contributed by atoms with Gasteiger partial charge in [-0.15, -0.1) is 0 Å². The van der Waals surface area contributed by atoms with Crippen molar-refractivity contribution in [3.05, 3.63) is 22.7 Å². The van der Waals surface area contributed by atoms with Crippen molar-refractivity contribution in [2.75, 3.05) is 20.5 Å². The minimum atomic E-state index is -0.706. The Hall–Kier alpha value is -0.970. The van der Waals surface area contributed by atoms with Crippen LogP contribution in [0.25, 0.3) is 0 Å². The molecule has 82 valence electrons. The average Bonchev–Trinajstić information content (AvgIpc) is 2.66. The van der Waals surface area contributed by atoms with Crippen molar-refractivity contribution in [1.82, 2.24) is 0 Å². The van der Waals surface area contributed by atoms with Crippen LogP contribution in [-0.2, 0) is 4.74 Å². The van der Waals surface area contributed by atoms with Gasteiger partial charge in [0.25, 0.3) is 0 Å². The predicted molar refractivity (Wildman–Crippen MR) is 54.4 cm³/mol. The number of hydrogen-bond donors (Lipinski definition) is 1. The highest BCUT2D eigenvalue weighted by Gasteiger charge is 2.20. The van der Waals surface area contributed by atoms with Crippen LogP contribution in [0.1, 0.15) is 11.7 Å². The molecule has 0 spiro atoms. The Morgan fingerprint density at radius 3 is 3.07 bits per heavy atom. The molecule has 1 unspecified atom stereocenters. The lowest BCUT2D eigenvalue weighted by atomic mass is 10.1. The fourth-order valence-electron chi connectivity index (χ4n) is 1.43. The number of fused-ring (bicyclic) bond motifs is 1. The van der Waals surface area contributed by atoms with Crippen molar-refractivity contribution in [2.24, 2.45) is 0 Å². The number of methoxy groups -OCH3 is 1. The van der Waals surface area contributed by atoms with Crippen LogP contribution in [0, 0.1) is 0 Å². The van der Waals surface area contributed by atoms with E-state index in [9.17, 15) is 5.11 Å². The lowest BCUT2D eigenvalue weighted by molar-refractivity contribution is 0.0643. The van der Waals surface area contributed by atoms with Gasteiger partial charge in [0.2, 0.25) is 6.79 Å². The molecule has 1 heterocycles. The van der Waals surface area contributed by atoms with Gasteiger partial charge in [0.1, 0.15) is 6.10 Å². The van der Waals surface area contributed by atoms with Crippen molar-refractivity contribution < 1.29 is 19.3 Å². The lowest BCUT2D eigenvalue weighted by Crippen LogP contribution is -2.04. The normalized spacial score (nSPS) is 15.4. The van der Waals surface area contributed by atoms with Crippen LogP contribution in [0.3, 0.4) is 0 Å². The molecule has 1 atom stereocenters. The van der Waals surface area contributed by atoms with E-state index in [4.69, 9.17) is 25.8 Å². The van der Waals surface area contributed by atoms with E-state index in [1.807, 2.05) is 0 Å². The monoisotopic (exact) mass is 230 g/mol. The number of aliphatic hydroxyl groups excluding tert-OH is 1. The molecule has 0 fully saturated rings. The van der Waals surface area contributed by atoms with Crippen molar-refractivity contribution in [1.29, 1.82) is 0 Å². The third-order valence-electron chi connectivity index (χ3n) is 2.16. The molecule has 0 radical (unpaired) electrons. The maximum Gasteiger partial charge on any atom is 0.231 e. The van der Waals surface area contributed by atoms with Gasteiger partial charge in [0.05, 0.1) is 11.6 Å². The molecule has 5 heteroatoms. The first-order valence-electron chi connectivity index (χ1n) is 4.48. The number of halogens is 1. The van der Waals surface area contributed by atoms with Crippen LogP contribution < -0.4 is 9.47 Å². The smallest absolute Gasteiger partial charge is 0.231 e. The summed E-state index contributed by atoms with van der Waals surface area (Å²) in [5.74, 6) is 1.10. The Balaban J connectivity index is 2.30. The summed E-state index contributed by atoms with van der Waals surface area (Å²) in [7, 11) is 1.53. The first-order chi connectivity index (χ1) is 7.22.